The van der Waals surface area contributed by atoms with E-state index in [2.05, 4.69) is 0 Å². The van der Waals surface area contributed by atoms with E-state index in [0.29, 0.717) is 0 Å². The Morgan fingerprint density at radius 2 is 1.62 bits per heavy atom. The lowest BCUT2D eigenvalue weighted by molar-refractivity contribution is -0.202. The van der Waals surface area contributed by atoms with Crippen LogP contribution in [0.4, 0.5) is 17.6 Å². The Hall–Kier alpha value is -1.06. The molecule has 0 nitrogen and oxygen atoms in total. The second-order valence-corrected chi connectivity index (χ2v) is 3.11. The minimum absolute atomic E-state index is 0.0394. The van der Waals surface area contributed by atoms with Crippen molar-refractivity contribution in [3.63, 3.8) is 0 Å². The maximum Gasteiger partial charge on any atom is 0.335 e. The Bertz CT molecular complexity index is 343. The standard InChI is InChI=1S/C9H6F4/c10-8(11)5-6-3-1-2-4-7(6)9(8,12)13/h1-4H,5H2. The van der Waals surface area contributed by atoms with Gasteiger partial charge in [-0.2, -0.15) is 17.6 Å². The number of rotatable bonds is 0. The van der Waals surface area contributed by atoms with Gasteiger partial charge in [-0.25, -0.2) is 0 Å². The molecule has 0 N–H and O–H groups in total. The number of halogens is 4. The summed E-state index contributed by atoms with van der Waals surface area (Å²) in [7, 11) is 0. The molecule has 0 saturated carbocycles. The van der Waals surface area contributed by atoms with E-state index in [-0.39, 0.29) is 5.56 Å². The van der Waals surface area contributed by atoms with Crippen LogP contribution in [0, 0.1) is 0 Å². The highest BCUT2D eigenvalue weighted by Gasteiger charge is 2.62. The molecule has 0 unspecified atom stereocenters. The van der Waals surface area contributed by atoms with Crippen molar-refractivity contribution < 1.29 is 17.6 Å². The van der Waals surface area contributed by atoms with Crippen LogP contribution in [-0.4, -0.2) is 5.92 Å². The van der Waals surface area contributed by atoms with Gasteiger partial charge in [0.1, 0.15) is 0 Å². The zero-order chi connectivity index (χ0) is 9.69. The monoisotopic (exact) mass is 190 g/mol. The lowest BCUT2D eigenvalue weighted by atomic mass is 10.1. The smallest absolute Gasteiger partial charge is 0.199 e. The number of hydrogen-bond donors (Lipinski definition) is 0. The van der Waals surface area contributed by atoms with Crippen molar-refractivity contribution in [2.75, 3.05) is 0 Å². The molecule has 0 spiro atoms. The number of benzene rings is 1. The van der Waals surface area contributed by atoms with Crippen LogP contribution >= 0.6 is 0 Å². The summed E-state index contributed by atoms with van der Waals surface area (Å²) < 4.78 is 51.5. The van der Waals surface area contributed by atoms with Gasteiger partial charge in [-0.1, -0.05) is 24.3 Å². The Morgan fingerprint density at radius 3 is 2.23 bits per heavy atom. The summed E-state index contributed by atoms with van der Waals surface area (Å²) in [5.74, 6) is -7.94. The Balaban J connectivity index is 2.60. The number of fused-ring (bicyclic) bond motifs is 1. The fourth-order valence-electron chi connectivity index (χ4n) is 1.53. The molecular formula is C9H6F4. The van der Waals surface area contributed by atoms with Gasteiger partial charge in [0.05, 0.1) is 0 Å². The predicted molar refractivity (Wildman–Crippen MR) is 39.0 cm³/mol. The molecule has 0 bridgehead atoms. The van der Waals surface area contributed by atoms with Crippen LogP contribution in [0.25, 0.3) is 0 Å². The van der Waals surface area contributed by atoms with Gasteiger partial charge < -0.3 is 0 Å². The largest absolute Gasteiger partial charge is 0.335 e. The van der Waals surface area contributed by atoms with Gasteiger partial charge in [0.15, 0.2) is 0 Å². The average Bonchev–Trinajstić information content (AvgIpc) is 2.20. The van der Waals surface area contributed by atoms with Gasteiger partial charge in [0, 0.05) is 12.0 Å². The van der Waals surface area contributed by atoms with Crippen molar-refractivity contribution >= 4 is 0 Å². The van der Waals surface area contributed by atoms with Crippen molar-refractivity contribution in [1.29, 1.82) is 0 Å². The van der Waals surface area contributed by atoms with E-state index in [4.69, 9.17) is 0 Å². The van der Waals surface area contributed by atoms with Gasteiger partial charge in [0.25, 0.3) is 0 Å². The molecule has 4 heteroatoms. The zero-order valence-electron chi connectivity index (χ0n) is 6.53. The third-order valence-corrected chi connectivity index (χ3v) is 2.23. The molecule has 0 amide bonds. The van der Waals surface area contributed by atoms with Crippen LogP contribution < -0.4 is 0 Å². The first-order chi connectivity index (χ1) is 5.95. The van der Waals surface area contributed by atoms with Gasteiger partial charge in [-0.15, -0.1) is 0 Å². The van der Waals surface area contributed by atoms with Crippen LogP contribution in [0.5, 0.6) is 0 Å². The van der Waals surface area contributed by atoms with E-state index < -0.39 is 23.8 Å². The van der Waals surface area contributed by atoms with Crippen molar-refractivity contribution in [1.82, 2.24) is 0 Å². The van der Waals surface area contributed by atoms with Crippen LogP contribution in [0.3, 0.4) is 0 Å². The summed E-state index contributed by atoms with van der Waals surface area (Å²) in [6.45, 7) is 0. The second kappa shape index (κ2) is 2.25. The maximum absolute atomic E-state index is 13.0. The molecule has 1 aliphatic rings. The zero-order valence-corrected chi connectivity index (χ0v) is 6.53. The molecule has 1 aromatic rings. The highest BCUT2D eigenvalue weighted by molar-refractivity contribution is 5.38. The molecule has 0 aliphatic heterocycles. The summed E-state index contributed by atoms with van der Waals surface area (Å²) in [4.78, 5) is 0. The number of hydrogen-bond acceptors (Lipinski definition) is 0. The van der Waals surface area contributed by atoms with Crippen LogP contribution in [-0.2, 0) is 12.3 Å². The summed E-state index contributed by atoms with van der Waals surface area (Å²) in [5.41, 5.74) is -0.502. The van der Waals surface area contributed by atoms with E-state index in [1.54, 1.807) is 0 Å². The van der Waals surface area contributed by atoms with E-state index >= 15 is 0 Å². The first-order valence-corrected chi connectivity index (χ1v) is 3.79. The van der Waals surface area contributed by atoms with Gasteiger partial charge >= 0.3 is 11.8 Å². The summed E-state index contributed by atoms with van der Waals surface area (Å²) in [6.07, 6.45) is -0.865. The van der Waals surface area contributed by atoms with Crippen LogP contribution in [0.1, 0.15) is 11.1 Å². The molecule has 2 rings (SSSR count). The SMILES string of the molecule is FC1(F)Cc2ccccc2C1(F)F. The quantitative estimate of drug-likeness (QED) is 0.551. The van der Waals surface area contributed by atoms with Crippen molar-refractivity contribution in [2.45, 2.75) is 18.3 Å². The first-order valence-electron chi connectivity index (χ1n) is 3.79. The third kappa shape index (κ3) is 0.975. The lowest BCUT2D eigenvalue weighted by Gasteiger charge is -2.18. The minimum atomic E-state index is -4.01. The molecule has 0 saturated heterocycles. The summed E-state index contributed by atoms with van der Waals surface area (Å²) in [5, 5.41) is 0. The van der Waals surface area contributed by atoms with Gasteiger partial charge in [-0.3, -0.25) is 0 Å². The second-order valence-electron chi connectivity index (χ2n) is 3.11. The number of alkyl halides is 4. The van der Waals surface area contributed by atoms with Crippen LogP contribution in [0.15, 0.2) is 24.3 Å². The van der Waals surface area contributed by atoms with E-state index in [9.17, 15) is 17.6 Å². The van der Waals surface area contributed by atoms with E-state index in [1.807, 2.05) is 0 Å². The molecule has 0 heterocycles. The molecule has 13 heavy (non-hydrogen) atoms. The highest BCUT2D eigenvalue weighted by Crippen LogP contribution is 2.51. The topological polar surface area (TPSA) is 0 Å². The van der Waals surface area contributed by atoms with E-state index in [1.165, 1.54) is 18.2 Å². The van der Waals surface area contributed by atoms with Gasteiger partial charge in [0.2, 0.25) is 0 Å². The van der Waals surface area contributed by atoms with Gasteiger partial charge in [-0.05, 0) is 5.56 Å². The van der Waals surface area contributed by atoms with Crippen molar-refractivity contribution in [3.05, 3.63) is 35.4 Å². The molecule has 0 atom stereocenters. The summed E-state index contributed by atoms with van der Waals surface area (Å²) >= 11 is 0. The molecule has 1 aromatic carbocycles. The Labute approximate surface area is 72.2 Å². The molecule has 1 aliphatic carbocycles. The summed E-state index contributed by atoms with van der Waals surface area (Å²) in [6, 6.07) is 5.19. The average molecular weight is 190 g/mol. The maximum atomic E-state index is 13.0. The third-order valence-electron chi connectivity index (χ3n) is 2.23. The highest BCUT2D eigenvalue weighted by atomic mass is 19.3. The van der Waals surface area contributed by atoms with E-state index in [0.717, 1.165) is 6.07 Å². The molecular weight excluding hydrogens is 184 g/mol. The predicted octanol–water partition coefficient (Wildman–Crippen LogP) is 2.97. The fraction of sp³-hybridized carbons (Fsp3) is 0.333. The molecule has 0 aromatic heterocycles. The van der Waals surface area contributed by atoms with Crippen LogP contribution in [0.2, 0.25) is 0 Å². The molecule has 0 radical (unpaired) electrons. The molecule has 70 valence electrons. The minimum Gasteiger partial charge on any atom is -0.199 e. The Morgan fingerprint density at radius 1 is 1.00 bits per heavy atom. The Kier molecular flexibility index (Phi) is 1.47. The normalized spacial score (nSPS) is 22.8. The van der Waals surface area contributed by atoms with Crippen molar-refractivity contribution in [3.8, 4) is 0 Å². The first kappa shape index (κ1) is 8.53. The fourth-order valence-corrected chi connectivity index (χ4v) is 1.53. The van der Waals surface area contributed by atoms with Crippen molar-refractivity contribution in [2.24, 2.45) is 0 Å². The molecule has 0 fully saturated rings. The lowest BCUT2D eigenvalue weighted by Crippen LogP contribution is -2.33.